The molecule has 0 fully saturated rings. The molecule has 0 aliphatic carbocycles. The standard InChI is InChI=1S/C18H17N3O/c1-11-3-5-13(6-4-11)18(22)21-14-7-8-17-15(10-14)16(19)9-12(2)20-17/h3-10H,1-2H3,(H2,19,20)(H,21,22). The van der Waals surface area contributed by atoms with Crippen LogP contribution in [0.5, 0.6) is 0 Å². The molecule has 1 aromatic heterocycles. The molecule has 0 spiro atoms. The second-order valence-electron chi connectivity index (χ2n) is 5.40. The largest absolute Gasteiger partial charge is 0.398 e. The molecule has 4 nitrogen and oxygen atoms in total. The minimum Gasteiger partial charge on any atom is -0.398 e. The highest BCUT2D eigenvalue weighted by atomic mass is 16.1. The highest BCUT2D eigenvalue weighted by Crippen LogP contribution is 2.24. The Morgan fingerprint density at radius 1 is 1.05 bits per heavy atom. The van der Waals surface area contributed by atoms with Crippen LogP contribution in [0.1, 0.15) is 21.6 Å². The molecule has 3 rings (SSSR count). The molecule has 110 valence electrons. The second kappa shape index (κ2) is 5.48. The van der Waals surface area contributed by atoms with Crippen molar-refractivity contribution in [3.05, 3.63) is 65.4 Å². The first-order valence-corrected chi connectivity index (χ1v) is 7.08. The van der Waals surface area contributed by atoms with Gasteiger partial charge in [-0.1, -0.05) is 17.7 Å². The van der Waals surface area contributed by atoms with E-state index in [1.807, 2.05) is 62.4 Å². The van der Waals surface area contributed by atoms with Crippen LogP contribution in [-0.2, 0) is 0 Å². The lowest BCUT2D eigenvalue weighted by atomic mass is 10.1. The summed E-state index contributed by atoms with van der Waals surface area (Å²) in [5, 5.41) is 3.73. The summed E-state index contributed by atoms with van der Waals surface area (Å²) in [6, 6.07) is 14.8. The Morgan fingerprint density at radius 3 is 2.50 bits per heavy atom. The van der Waals surface area contributed by atoms with E-state index in [0.29, 0.717) is 16.9 Å². The van der Waals surface area contributed by atoms with Gasteiger partial charge in [0.1, 0.15) is 0 Å². The minimum atomic E-state index is -0.141. The summed E-state index contributed by atoms with van der Waals surface area (Å²) < 4.78 is 0. The summed E-state index contributed by atoms with van der Waals surface area (Å²) in [7, 11) is 0. The van der Waals surface area contributed by atoms with Crippen LogP contribution in [-0.4, -0.2) is 10.9 Å². The number of nitrogens with one attached hydrogen (secondary N) is 1. The number of aromatic nitrogens is 1. The number of pyridine rings is 1. The summed E-state index contributed by atoms with van der Waals surface area (Å²) in [6.45, 7) is 3.89. The van der Waals surface area contributed by atoms with Gasteiger partial charge in [0.2, 0.25) is 0 Å². The fourth-order valence-corrected chi connectivity index (χ4v) is 2.38. The molecule has 3 N–H and O–H groups in total. The number of benzene rings is 2. The number of anilines is 2. The molecule has 4 heteroatoms. The van der Waals surface area contributed by atoms with E-state index < -0.39 is 0 Å². The van der Waals surface area contributed by atoms with Crippen molar-refractivity contribution < 1.29 is 4.79 Å². The highest BCUT2D eigenvalue weighted by Gasteiger charge is 2.08. The Kier molecular flexibility index (Phi) is 3.51. The van der Waals surface area contributed by atoms with Gasteiger partial charge in [-0.05, 0) is 50.2 Å². The lowest BCUT2D eigenvalue weighted by molar-refractivity contribution is 0.102. The molecular formula is C18H17N3O. The number of amides is 1. The van der Waals surface area contributed by atoms with E-state index in [-0.39, 0.29) is 5.91 Å². The molecular weight excluding hydrogens is 274 g/mol. The second-order valence-corrected chi connectivity index (χ2v) is 5.40. The highest BCUT2D eigenvalue weighted by molar-refractivity contribution is 6.05. The zero-order valence-corrected chi connectivity index (χ0v) is 12.6. The summed E-state index contributed by atoms with van der Waals surface area (Å²) >= 11 is 0. The number of carbonyl (C=O) groups is 1. The zero-order chi connectivity index (χ0) is 15.7. The fraction of sp³-hybridized carbons (Fsp3) is 0.111. The van der Waals surface area contributed by atoms with E-state index in [9.17, 15) is 4.79 Å². The number of hydrogen-bond donors (Lipinski definition) is 2. The van der Waals surface area contributed by atoms with E-state index >= 15 is 0 Å². The Hall–Kier alpha value is -2.88. The third-order valence-electron chi connectivity index (χ3n) is 3.54. The van der Waals surface area contributed by atoms with Crippen LogP contribution in [0, 0.1) is 13.8 Å². The first-order chi connectivity index (χ1) is 10.5. The molecule has 0 bridgehead atoms. The van der Waals surface area contributed by atoms with Crippen LogP contribution in [0.25, 0.3) is 10.9 Å². The van der Waals surface area contributed by atoms with Crippen molar-refractivity contribution >= 4 is 28.2 Å². The van der Waals surface area contributed by atoms with Crippen LogP contribution in [0.15, 0.2) is 48.5 Å². The number of nitrogen functional groups attached to an aromatic ring is 1. The molecule has 0 atom stereocenters. The van der Waals surface area contributed by atoms with Gasteiger partial charge in [-0.15, -0.1) is 0 Å². The maximum atomic E-state index is 12.2. The SMILES string of the molecule is Cc1ccc(C(=O)Nc2ccc3nc(C)cc(N)c3c2)cc1. The van der Waals surface area contributed by atoms with Crippen molar-refractivity contribution in [1.29, 1.82) is 0 Å². The molecule has 1 amide bonds. The molecule has 2 aromatic carbocycles. The molecule has 1 heterocycles. The first kappa shape index (κ1) is 14.1. The van der Waals surface area contributed by atoms with Gasteiger partial charge in [-0.2, -0.15) is 0 Å². The van der Waals surface area contributed by atoms with Gasteiger partial charge in [-0.25, -0.2) is 0 Å². The monoisotopic (exact) mass is 291 g/mol. The van der Waals surface area contributed by atoms with Crippen LogP contribution >= 0.6 is 0 Å². The third-order valence-corrected chi connectivity index (χ3v) is 3.54. The number of rotatable bonds is 2. The topological polar surface area (TPSA) is 68.0 Å². The number of hydrogen-bond acceptors (Lipinski definition) is 3. The molecule has 0 unspecified atom stereocenters. The molecule has 0 aliphatic rings. The number of nitrogens with zero attached hydrogens (tertiary/aromatic N) is 1. The van der Waals surface area contributed by atoms with Gasteiger partial charge < -0.3 is 11.1 Å². The molecule has 0 saturated carbocycles. The molecule has 3 aromatic rings. The number of carbonyl (C=O) groups excluding carboxylic acids is 1. The Bertz CT molecular complexity index is 854. The van der Waals surface area contributed by atoms with Crippen LogP contribution in [0.3, 0.4) is 0 Å². The maximum absolute atomic E-state index is 12.2. The van der Waals surface area contributed by atoms with Crippen molar-refractivity contribution in [2.45, 2.75) is 13.8 Å². The van der Waals surface area contributed by atoms with Crippen molar-refractivity contribution in [2.75, 3.05) is 11.1 Å². The predicted octanol–water partition coefficient (Wildman–Crippen LogP) is 3.69. The smallest absolute Gasteiger partial charge is 0.255 e. The predicted molar refractivity (Wildman–Crippen MR) is 90.0 cm³/mol. The molecule has 0 radical (unpaired) electrons. The van der Waals surface area contributed by atoms with E-state index in [1.54, 1.807) is 0 Å². The first-order valence-electron chi connectivity index (χ1n) is 7.08. The number of nitrogens with two attached hydrogens (primary N) is 1. The Morgan fingerprint density at radius 2 is 1.77 bits per heavy atom. The van der Waals surface area contributed by atoms with Gasteiger partial charge in [0.15, 0.2) is 0 Å². The van der Waals surface area contributed by atoms with Crippen molar-refractivity contribution in [3.8, 4) is 0 Å². The molecule has 22 heavy (non-hydrogen) atoms. The summed E-state index contributed by atoms with van der Waals surface area (Å²) in [5.41, 5.74) is 10.8. The average Bonchev–Trinajstić information content (AvgIpc) is 2.48. The summed E-state index contributed by atoms with van der Waals surface area (Å²) in [6.07, 6.45) is 0. The maximum Gasteiger partial charge on any atom is 0.255 e. The van der Waals surface area contributed by atoms with Gasteiger partial charge in [0.05, 0.1) is 5.52 Å². The summed E-state index contributed by atoms with van der Waals surface area (Å²) in [5.74, 6) is -0.141. The van der Waals surface area contributed by atoms with Gasteiger partial charge in [-0.3, -0.25) is 9.78 Å². The van der Waals surface area contributed by atoms with Gasteiger partial charge in [0.25, 0.3) is 5.91 Å². The van der Waals surface area contributed by atoms with E-state index in [1.165, 1.54) is 0 Å². The quantitative estimate of drug-likeness (QED) is 0.756. The van der Waals surface area contributed by atoms with Crippen LogP contribution in [0.4, 0.5) is 11.4 Å². The fourth-order valence-electron chi connectivity index (χ4n) is 2.38. The normalized spacial score (nSPS) is 10.6. The Balaban J connectivity index is 1.90. The minimum absolute atomic E-state index is 0.141. The van der Waals surface area contributed by atoms with Crippen molar-refractivity contribution in [2.24, 2.45) is 0 Å². The third kappa shape index (κ3) is 2.76. The average molecular weight is 291 g/mol. The zero-order valence-electron chi connectivity index (χ0n) is 12.6. The molecule has 0 aliphatic heterocycles. The van der Waals surface area contributed by atoms with Crippen molar-refractivity contribution in [3.63, 3.8) is 0 Å². The van der Waals surface area contributed by atoms with Crippen LogP contribution in [0.2, 0.25) is 0 Å². The van der Waals surface area contributed by atoms with E-state index in [0.717, 1.165) is 22.2 Å². The number of aryl methyl sites for hydroxylation is 2. The van der Waals surface area contributed by atoms with Gasteiger partial charge >= 0.3 is 0 Å². The number of fused-ring (bicyclic) bond motifs is 1. The van der Waals surface area contributed by atoms with Crippen LogP contribution < -0.4 is 11.1 Å². The Labute approximate surface area is 129 Å². The van der Waals surface area contributed by atoms with Crippen molar-refractivity contribution in [1.82, 2.24) is 4.98 Å². The van der Waals surface area contributed by atoms with E-state index in [4.69, 9.17) is 5.73 Å². The lowest BCUT2D eigenvalue weighted by Gasteiger charge is -2.08. The summed E-state index contributed by atoms with van der Waals surface area (Å²) in [4.78, 5) is 16.7. The van der Waals surface area contributed by atoms with E-state index in [2.05, 4.69) is 10.3 Å². The molecule has 0 saturated heterocycles. The lowest BCUT2D eigenvalue weighted by Crippen LogP contribution is -2.11. The van der Waals surface area contributed by atoms with Gasteiger partial charge in [0, 0.05) is 28.0 Å².